The number of aromatic nitrogens is 7. The van der Waals surface area contributed by atoms with Gasteiger partial charge in [-0.2, -0.15) is 10.1 Å². The Kier molecular flexibility index (Phi) is 4.34. The van der Waals surface area contributed by atoms with Crippen LogP contribution < -0.4 is 5.32 Å². The Bertz CT molecular complexity index is 1350. The summed E-state index contributed by atoms with van der Waals surface area (Å²) in [6, 6.07) is 9.78. The Balaban J connectivity index is 1.27. The number of nitrogens with one attached hydrogen (secondary N) is 2. The molecule has 0 saturated carbocycles. The number of aromatic amines is 1. The molecule has 31 heavy (non-hydrogen) atoms. The van der Waals surface area contributed by atoms with Crippen LogP contribution in [-0.2, 0) is 6.54 Å². The zero-order valence-electron chi connectivity index (χ0n) is 16.8. The molecular formula is C21H21N9O. The van der Waals surface area contributed by atoms with Gasteiger partial charge in [0, 0.05) is 11.1 Å². The fourth-order valence-electron chi connectivity index (χ4n) is 3.99. The van der Waals surface area contributed by atoms with E-state index >= 15 is 0 Å². The molecule has 0 amide bonds. The predicted octanol–water partition coefficient (Wildman–Crippen LogP) is 3.39. The van der Waals surface area contributed by atoms with Crippen LogP contribution in [0.15, 0.2) is 47.2 Å². The Hall–Kier alpha value is -3.79. The summed E-state index contributed by atoms with van der Waals surface area (Å²) in [6.45, 7) is 2.84. The summed E-state index contributed by atoms with van der Waals surface area (Å²) in [4.78, 5) is 11.4. The second kappa shape index (κ2) is 7.47. The molecule has 1 fully saturated rings. The third-order valence-electron chi connectivity index (χ3n) is 5.58. The van der Waals surface area contributed by atoms with Gasteiger partial charge in [-0.3, -0.25) is 10.00 Å². The van der Waals surface area contributed by atoms with Crippen molar-refractivity contribution >= 4 is 28.1 Å². The monoisotopic (exact) mass is 415 g/mol. The van der Waals surface area contributed by atoms with Gasteiger partial charge in [0.05, 0.1) is 24.5 Å². The molecule has 1 aliphatic heterocycles. The minimum absolute atomic E-state index is 0.490. The maximum absolute atomic E-state index is 5.50. The zero-order valence-corrected chi connectivity index (χ0v) is 16.8. The normalized spacial score (nSPS) is 15.1. The second-order valence-corrected chi connectivity index (χ2v) is 7.78. The lowest BCUT2D eigenvalue weighted by Gasteiger charge is -2.24. The SMILES string of the molecule is c1cc2[nH]ncc2cc1Nc1ccc2ncc(-c3noc(CN4CCCCC4)n3)n2n1. The third kappa shape index (κ3) is 3.50. The molecule has 10 heteroatoms. The summed E-state index contributed by atoms with van der Waals surface area (Å²) >= 11 is 0. The number of rotatable bonds is 5. The lowest BCUT2D eigenvalue weighted by Crippen LogP contribution is -2.29. The molecule has 1 aliphatic rings. The van der Waals surface area contributed by atoms with Crippen LogP contribution in [0.4, 0.5) is 11.5 Å². The van der Waals surface area contributed by atoms with Gasteiger partial charge in [-0.1, -0.05) is 11.6 Å². The molecule has 156 valence electrons. The molecule has 1 aromatic carbocycles. The molecule has 2 N–H and O–H groups in total. The predicted molar refractivity (Wildman–Crippen MR) is 115 cm³/mol. The van der Waals surface area contributed by atoms with Crippen molar-refractivity contribution in [2.24, 2.45) is 0 Å². The molecule has 0 atom stereocenters. The van der Waals surface area contributed by atoms with Crippen LogP contribution in [0.1, 0.15) is 25.2 Å². The molecule has 5 aromatic rings. The van der Waals surface area contributed by atoms with Gasteiger partial charge in [-0.05, 0) is 56.3 Å². The summed E-state index contributed by atoms with van der Waals surface area (Å²) in [5, 5.41) is 20.2. The van der Waals surface area contributed by atoms with Crippen molar-refractivity contribution in [3.8, 4) is 11.5 Å². The number of likely N-dealkylation sites (tertiary alicyclic amines) is 1. The van der Waals surface area contributed by atoms with Gasteiger partial charge < -0.3 is 9.84 Å². The summed E-state index contributed by atoms with van der Waals surface area (Å²) in [6.07, 6.45) is 7.26. The average molecular weight is 415 g/mol. The van der Waals surface area contributed by atoms with E-state index in [-0.39, 0.29) is 0 Å². The minimum Gasteiger partial charge on any atom is -0.339 e. The van der Waals surface area contributed by atoms with Gasteiger partial charge >= 0.3 is 0 Å². The van der Waals surface area contributed by atoms with Crippen LogP contribution in [0.2, 0.25) is 0 Å². The van der Waals surface area contributed by atoms with Crippen LogP contribution in [0, 0.1) is 0 Å². The number of H-pyrrole nitrogens is 1. The summed E-state index contributed by atoms with van der Waals surface area (Å²) < 4.78 is 7.23. The van der Waals surface area contributed by atoms with E-state index in [9.17, 15) is 0 Å². The Labute approximate surface area is 177 Å². The first-order chi connectivity index (χ1) is 15.3. The first kappa shape index (κ1) is 18.0. The number of nitrogens with zero attached hydrogens (tertiary/aromatic N) is 7. The van der Waals surface area contributed by atoms with Crippen LogP contribution in [-0.4, -0.2) is 52.9 Å². The number of hydrogen-bond acceptors (Lipinski definition) is 8. The van der Waals surface area contributed by atoms with E-state index in [1.54, 1.807) is 16.9 Å². The first-order valence-corrected chi connectivity index (χ1v) is 10.4. The number of hydrogen-bond donors (Lipinski definition) is 2. The highest BCUT2D eigenvalue weighted by molar-refractivity contribution is 5.82. The van der Waals surface area contributed by atoms with E-state index in [1.165, 1.54) is 19.3 Å². The smallest absolute Gasteiger partial charge is 0.241 e. The maximum atomic E-state index is 5.50. The van der Waals surface area contributed by atoms with Crippen molar-refractivity contribution in [3.05, 3.63) is 48.6 Å². The molecule has 10 nitrogen and oxygen atoms in total. The van der Waals surface area contributed by atoms with Gasteiger partial charge in [-0.15, -0.1) is 5.10 Å². The van der Waals surface area contributed by atoms with Crippen LogP contribution in [0.3, 0.4) is 0 Å². The maximum Gasteiger partial charge on any atom is 0.241 e. The van der Waals surface area contributed by atoms with E-state index in [1.807, 2.05) is 30.3 Å². The number of imidazole rings is 1. The Morgan fingerprint density at radius 1 is 1.06 bits per heavy atom. The van der Waals surface area contributed by atoms with Crippen LogP contribution >= 0.6 is 0 Å². The second-order valence-electron chi connectivity index (χ2n) is 7.78. The fraction of sp³-hybridized carbons (Fsp3) is 0.286. The van der Waals surface area contributed by atoms with Gasteiger partial charge in [0.15, 0.2) is 11.5 Å². The standard InChI is InChI=1S/C21H21N9O/c1-2-8-29(9-3-1)13-20-25-21(28-31-20)17-12-22-19-7-6-18(27-30(17)19)24-15-4-5-16-14(10-15)11-23-26-16/h4-7,10-12H,1-3,8-9,13H2,(H,23,26)(H,24,27). The lowest BCUT2D eigenvalue weighted by atomic mass is 10.1. The minimum atomic E-state index is 0.490. The van der Waals surface area contributed by atoms with Gasteiger partial charge in [0.2, 0.25) is 11.7 Å². The molecule has 4 aromatic heterocycles. The summed E-state index contributed by atoms with van der Waals surface area (Å²) in [5.74, 6) is 1.80. The van der Waals surface area contributed by atoms with Crippen molar-refractivity contribution in [2.45, 2.75) is 25.8 Å². The van der Waals surface area contributed by atoms with E-state index in [2.05, 4.69) is 40.6 Å². The van der Waals surface area contributed by atoms with Gasteiger partial charge in [0.1, 0.15) is 5.69 Å². The largest absolute Gasteiger partial charge is 0.339 e. The summed E-state index contributed by atoms with van der Waals surface area (Å²) in [7, 11) is 0. The molecule has 1 saturated heterocycles. The highest BCUT2D eigenvalue weighted by Gasteiger charge is 2.18. The van der Waals surface area contributed by atoms with Crippen molar-refractivity contribution in [1.82, 2.24) is 39.8 Å². The molecule has 5 heterocycles. The molecule has 6 rings (SSSR count). The Morgan fingerprint density at radius 3 is 2.94 bits per heavy atom. The third-order valence-corrected chi connectivity index (χ3v) is 5.58. The lowest BCUT2D eigenvalue weighted by molar-refractivity contribution is 0.193. The number of benzene rings is 1. The van der Waals surface area contributed by atoms with Crippen LogP contribution in [0.25, 0.3) is 28.1 Å². The van der Waals surface area contributed by atoms with Gasteiger partial charge in [0.25, 0.3) is 0 Å². The molecule has 0 bridgehead atoms. The van der Waals surface area contributed by atoms with Crippen molar-refractivity contribution < 1.29 is 4.52 Å². The topological polar surface area (TPSA) is 113 Å². The van der Waals surface area contributed by atoms with Crippen LogP contribution in [0.5, 0.6) is 0 Å². The number of anilines is 2. The molecular weight excluding hydrogens is 394 g/mol. The van der Waals surface area contributed by atoms with E-state index in [0.717, 1.165) is 29.7 Å². The zero-order chi connectivity index (χ0) is 20.6. The van der Waals surface area contributed by atoms with E-state index < -0.39 is 0 Å². The average Bonchev–Trinajstić information content (AvgIpc) is 3.53. The van der Waals surface area contributed by atoms with Crippen molar-refractivity contribution in [1.29, 1.82) is 0 Å². The van der Waals surface area contributed by atoms with E-state index in [0.29, 0.717) is 35.4 Å². The molecule has 0 spiro atoms. The highest BCUT2D eigenvalue weighted by Crippen LogP contribution is 2.23. The molecule has 0 aliphatic carbocycles. The van der Waals surface area contributed by atoms with Crippen molar-refractivity contribution in [2.75, 3.05) is 18.4 Å². The Morgan fingerprint density at radius 2 is 2.00 bits per heavy atom. The number of fused-ring (bicyclic) bond motifs is 2. The van der Waals surface area contributed by atoms with Crippen molar-refractivity contribution in [3.63, 3.8) is 0 Å². The van der Waals surface area contributed by atoms with E-state index in [4.69, 9.17) is 4.52 Å². The highest BCUT2D eigenvalue weighted by atomic mass is 16.5. The first-order valence-electron chi connectivity index (χ1n) is 10.4. The van der Waals surface area contributed by atoms with Gasteiger partial charge in [-0.25, -0.2) is 9.50 Å². The fourth-order valence-corrected chi connectivity index (χ4v) is 3.99. The molecule has 0 unspecified atom stereocenters. The molecule has 0 radical (unpaired) electrons. The number of piperidine rings is 1. The summed E-state index contributed by atoms with van der Waals surface area (Å²) in [5.41, 5.74) is 3.32. The quantitative estimate of drug-likeness (QED) is 0.449.